The van der Waals surface area contributed by atoms with Gasteiger partial charge >= 0.3 is 0 Å². The summed E-state index contributed by atoms with van der Waals surface area (Å²) in [6.07, 6.45) is 0. The largest absolute Gasteiger partial charge is 0.399 e. The number of halogens is 2. The van der Waals surface area contributed by atoms with Crippen molar-refractivity contribution in [1.82, 2.24) is 4.72 Å². The van der Waals surface area contributed by atoms with Crippen molar-refractivity contribution in [1.29, 1.82) is 0 Å². The van der Waals surface area contributed by atoms with Crippen LogP contribution < -0.4 is 10.5 Å². The van der Waals surface area contributed by atoms with Gasteiger partial charge in [0.15, 0.2) is 5.82 Å². The monoisotopic (exact) mass is 328 g/mol. The highest BCUT2D eigenvalue weighted by Gasteiger charge is 2.21. The van der Waals surface area contributed by atoms with Crippen molar-refractivity contribution < 1.29 is 12.8 Å². The lowest BCUT2D eigenvalue weighted by Crippen LogP contribution is -2.24. The molecule has 2 rings (SSSR count). The summed E-state index contributed by atoms with van der Waals surface area (Å²) in [5.74, 6) is -1.01. The molecule has 0 bridgehead atoms. The second-order valence-corrected chi connectivity index (χ2v) is 6.71. The van der Waals surface area contributed by atoms with Crippen LogP contribution in [0.2, 0.25) is 5.02 Å². The molecule has 4 nitrogen and oxygen atoms in total. The van der Waals surface area contributed by atoms with Crippen molar-refractivity contribution >= 4 is 27.3 Å². The lowest BCUT2D eigenvalue weighted by atomic mass is 10.1. The van der Waals surface area contributed by atoms with Crippen molar-refractivity contribution in [2.75, 3.05) is 5.73 Å². The summed E-state index contributed by atoms with van der Waals surface area (Å²) in [5.41, 5.74) is 7.33. The molecule has 0 aromatic heterocycles. The molecule has 0 fully saturated rings. The van der Waals surface area contributed by atoms with Gasteiger partial charge < -0.3 is 5.73 Å². The lowest BCUT2D eigenvalue weighted by Gasteiger charge is -2.11. The molecule has 2 aromatic carbocycles. The number of sulfonamides is 1. The van der Waals surface area contributed by atoms with Crippen LogP contribution in [-0.4, -0.2) is 8.42 Å². The highest BCUT2D eigenvalue weighted by Crippen LogP contribution is 2.25. The maximum atomic E-state index is 13.9. The Bertz CT molecular complexity index is 779. The van der Waals surface area contributed by atoms with Crippen LogP contribution in [0.4, 0.5) is 10.1 Å². The second-order valence-electron chi connectivity index (χ2n) is 4.57. The van der Waals surface area contributed by atoms with Gasteiger partial charge in [0.1, 0.15) is 4.90 Å². The molecule has 2 aromatic rings. The molecule has 0 saturated carbocycles. The molecular formula is C14H14ClFN2O2S. The summed E-state index contributed by atoms with van der Waals surface area (Å²) >= 11 is 5.62. The molecule has 21 heavy (non-hydrogen) atoms. The predicted molar refractivity (Wildman–Crippen MR) is 81.0 cm³/mol. The molecule has 0 amide bonds. The summed E-state index contributed by atoms with van der Waals surface area (Å²) in [5, 5.41) is -0.328. The standard InChI is InChI=1S/C14H14ClFN2O2S/c1-9-4-2-3-5-10(9)8-18-21(19,20)13-7-11(17)6-12(15)14(13)16/h2-7,18H,8,17H2,1H3. The number of nitrogens with one attached hydrogen (secondary N) is 1. The molecule has 0 aliphatic heterocycles. The van der Waals surface area contributed by atoms with E-state index >= 15 is 0 Å². The van der Waals surface area contributed by atoms with Crippen LogP contribution in [0.5, 0.6) is 0 Å². The molecular weight excluding hydrogens is 315 g/mol. The normalized spacial score (nSPS) is 11.6. The fourth-order valence-electron chi connectivity index (χ4n) is 1.84. The maximum absolute atomic E-state index is 13.9. The third-order valence-corrected chi connectivity index (χ3v) is 4.70. The van der Waals surface area contributed by atoms with Gasteiger partial charge in [0, 0.05) is 12.2 Å². The zero-order valence-electron chi connectivity index (χ0n) is 11.2. The molecule has 7 heteroatoms. The Kier molecular flexibility index (Phi) is 4.51. The average Bonchev–Trinajstić information content (AvgIpc) is 2.42. The van der Waals surface area contributed by atoms with E-state index in [0.717, 1.165) is 23.3 Å². The summed E-state index contributed by atoms with van der Waals surface area (Å²) in [7, 11) is -4.04. The molecule has 0 unspecified atom stereocenters. The van der Waals surface area contributed by atoms with Gasteiger partial charge in [-0.3, -0.25) is 0 Å². The Morgan fingerprint density at radius 1 is 1.29 bits per heavy atom. The number of hydrogen-bond donors (Lipinski definition) is 2. The Hall–Kier alpha value is -1.63. The van der Waals surface area contributed by atoms with Crippen molar-refractivity contribution in [2.45, 2.75) is 18.4 Å². The fraction of sp³-hybridized carbons (Fsp3) is 0.143. The van der Waals surface area contributed by atoms with Gasteiger partial charge in [0.05, 0.1) is 5.02 Å². The van der Waals surface area contributed by atoms with Crippen molar-refractivity contribution in [3.63, 3.8) is 0 Å². The predicted octanol–water partition coefficient (Wildman–Crippen LogP) is 2.85. The van der Waals surface area contributed by atoms with E-state index in [4.69, 9.17) is 17.3 Å². The van der Waals surface area contributed by atoms with Crippen LogP contribution >= 0.6 is 11.6 Å². The average molecular weight is 329 g/mol. The van der Waals surface area contributed by atoms with Gasteiger partial charge in [-0.05, 0) is 30.2 Å². The Balaban J connectivity index is 2.30. The zero-order chi connectivity index (χ0) is 15.6. The number of rotatable bonds is 4. The molecule has 0 atom stereocenters. The van der Waals surface area contributed by atoms with E-state index in [1.54, 1.807) is 12.1 Å². The minimum absolute atomic E-state index is 0.0564. The first-order chi connectivity index (χ1) is 9.81. The van der Waals surface area contributed by atoms with Gasteiger partial charge in [0.25, 0.3) is 0 Å². The number of aryl methyl sites for hydroxylation is 1. The van der Waals surface area contributed by atoms with Gasteiger partial charge in [-0.25, -0.2) is 17.5 Å². The fourth-order valence-corrected chi connectivity index (χ4v) is 3.26. The summed E-state index contributed by atoms with van der Waals surface area (Å²) in [6.45, 7) is 1.92. The number of benzene rings is 2. The van der Waals surface area contributed by atoms with E-state index in [1.807, 2.05) is 19.1 Å². The van der Waals surface area contributed by atoms with E-state index in [9.17, 15) is 12.8 Å². The number of nitrogen functional groups attached to an aromatic ring is 1. The molecule has 112 valence electrons. The Labute approximate surface area is 127 Å². The quantitative estimate of drug-likeness (QED) is 0.848. The summed E-state index contributed by atoms with van der Waals surface area (Å²) < 4.78 is 40.6. The van der Waals surface area contributed by atoms with Gasteiger partial charge in [-0.2, -0.15) is 0 Å². The topological polar surface area (TPSA) is 72.2 Å². The van der Waals surface area contributed by atoms with Crippen LogP contribution in [0.1, 0.15) is 11.1 Å². The lowest BCUT2D eigenvalue weighted by molar-refractivity contribution is 0.557. The number of anilines is 1. The van der Waals surface area contributed by atoms with Crippen LogP contribution in [0.25, 0.3) is 0 Å². The first kappa shape index (κ1) is 15.8. The van der Waals surface area contributed by atoms with E-state index in [2.05, 4.69) is 4.72 Å². The number of hydrogen-bond acceptors (Lipinski definition) is 3. The molecule has 0 spiro atoms. The van der Waals surface area contributed by atoms with Crippen molar-refractivity contribution in [3.8, 4) is 0 Å². The van der Waals surface area contributed by atoms with Crippen molar-refractivity contribution in [2.24, 2.45) is 0 Å². The molecule has 0 aliphatic carbocycles. The molecule has 0 heterocycles. The second kappa shape index (κ2) is 6.01. The Morgan fingerprint density at radius 3 is 2.62 bits per heavy atom. The third kappa shape index (κ3) is 3.53. The molecule has 3 N–H and O–H groups in total. The minimum Gasteiger partial charge on any atom is -0.399 e. The van der Waals surface area contributed by atoms with E-state index in [1.165, 1.54) is 0 Å². The SMILES string of the molecule is Cc1ccccc1CNS(=O)(=O)c1cc(N)cc(Cl)c1F. The minimum atomic E-state index is -4.04. The summed E-state index contributed by atoms with van der Waals surface area (Å²) in [6, 6.07) is 9.51. The maximum Gasteiger partial charge on any atom is 0.243 e. The smallest absolute Gasteiger partial charge is 0.243 e. The van der Waals surface area contributed by atoms with Crippen LogP contribution in [0.15, 0.2) is 41.3 Å². The van der Waals surface area contributed by atoms with Crippen LogP contribution in [-0.2, 0) is 16.6 Å². The first-order valence-corrected chi connectivity index (χ1v) is 7.96. The van der Waals surface area contributed by atoms with Crippen LogP contribution in [0.3, 0.4) is 0 Å². The van der Waals surface area contributed by atoms with E-state index in [0.29, 0.717) is 0 Å². The van der Waals surface area contributed by atoms with Crippen LogP contribution in [0, 0.1) is 12.7 Å². The molecule has 0 saturated heterocycles. The molecule has 0 radical (unpaired) electrons. The summed E-state index contributed by atoms with van der Waals surface area (Å²) in [4.78, 5) is -0.555. The Morgan fingerprint density at radius 2 is 1.95 bits per heavy atom. The first-order valence-electron chi connectivity index (χ1n) is 6.10. The van der Waals surface area contributed by atoms with E-state index in [-0.39, 0.29) is 17.3 Å². The third-order valence-electron chi connectivity index (χ3n) is 3.02. The van der Waals surface area contributed by atoms with Gasteiger partial charge in [-0.15, -0.1) is 0 Å². The van der Waals surface area contributed by atoms with Gasteiger partial charge in [-0.1, -0.05) is 35.9 Å². The highest BCUT2D eigenvalue weighted by molar-refractivity contribution is 7.89. The highest BCUT2D eigenvalue weighted by atomic mass is 35.5. The van der Waals surface area contributed by atoms with E-state index < -0.39 is 20.7 Å². The van der Waals surface area contributed by atoms with Crippen molar-refractivity contribution in [3.05, 3.63) is 58.4 Å². The zero-order valence-corrected chi connectivity index (χ0v) is 12.8. The van der Waals surface area contributed by atoms with Gasteiger partial charge in [0.2, 0.25) is 10.0 Å². The molecule has 0 aliphatic rings. The number of nitrogens with two attached hydrogens (primary N) is 1.